The van der Waals surface area contributed by atoms with Gasteiger partial charge in [-0.1, -0.05) is 14.9 Å². The molecule has 7 nitrogen and oxygen atoms in total. The molecule has 0 saturated carbocycles. The van der Waals surface area contributed by atoms with Crippen molar-refractivity contribution < 1.29 is 28.8 Å². The molecule has 128 valence electrons. The number of ether oxygens (including phenoxy) is 1. The van der Waals surface area contributed by atoms with Crippen molar-refractivity contribution in [2.24, 2.45) is 5.41 Å². The number of amides is 2. The van der Waals surface area contributed by atoms with Gasteiger partial charge >= 0.3 is 11.9 Å². The molecule has 0 aromatic rings. The molecule has 7 heteroatoms. The van der Waals surface area contributed by atoms with Crippen LogP contribution in [0.5, 0.6) is 0 Å². The molecule has 1 heterocycles. The van der Waals surface area contributed by atoms with Crippen LogP contribution in [0.2, 0.25) is 0 Å². The molecule has 1 rings (SSSR count). The average Bonchev–Trinajstić information content (AvgIpc) is 2.58. The quantitative estimate of drug-likeness (QED) is 0.450. The van der Waals surface area contributed by atoms with E-state index in [9.17, 15) is 19.2 Å². The van der Waals surface area contributed by atoms with Crippen LogP contribution in [0.15, 0.2) is 0 Å². The molecule has 22 heavy (non-hydrogen) atoms. The van der Waals surface area contributed by atoms with Gasteiger partial charge in [0, 0.05) is 12.8 Å². The molecule has 2 amide bonds. The van der Waals surface area contributed by atoms with Crippen molar-refractivity contribution in [2.45, 2.75) is 67.9 Å². The topological polar surface area (TPSA) is 90.0 Å². The van der Waals surface area contributed by atoms with Crippen LogP contribution in [0.25, 0.3) is 0 Å². The normalized spacial score (nSPS) is 14.9. The number of hydrogen-bond donors (Lipinski definition) is 0. The van der Waals surface area contributed by atoms with E-state index < -0.39 is 34.8 Å². The van der Waals surface area contributed by atoms with E-state index in [0.29, 0.717) is 5.06 Å². The second kappa shape index (κ2) is 7.38. The molecule has 1 saturated heterocycles. The maximum absolute atomic E-state index is 12.0. The molecule has 0 unspecified atom stereocenters. The average molecular weight is 317 g/mol. The highest BCUT2D eigenvalue weighted by molar-refractivity contribution is 6.04. The monoisotopic (exact) mass is 317 g/mol. The zero-order valence-electron chi connectivity index (χ0n) is 12.3. The van der Waals surface area contributed by atoms with Crippen LogP contribution >= 0.6 is 0 Å². The zero-order valence-corrected chi connectivity index (χ0v) is 12.3. The summed E-state index contributed by atoms with van der Waals surface area (Å²) in [7, 11) is 0. The number of rotatable bonds is 3. The minimum atomic E-state index is -1.61. The van der Waals surface area contributed by atoms with Crippen LogP contribution in [0.4, 0.5) is 0 Å². The second-order valence-corrected chi connectivity index (χ2v) is 6.09. The summed E-state index contributed by atoms with van der Waals surface area (Å²) < 4.78 is 5.11. The Morgan fingerprint density at radius 1 is 0.909 bits per heavy atom. The first-order chi connectivity index (χ1) is 8.95. The highest BCUT2D eigenvalue weighted by Gasteiger charge is 2.44. The van der Waals surface area contributed by atoms with Crippen molar-refractivity contribution >= 4 is 23.8 Å². The van der Waals surface area contributed by atoms with Crippen molar-refractivity contribution in [3.05, 3.63) is 0 Å². The van der Waals surface area contributed by atoms with Crippen molar-refractivity contribution in [3.63, 3.8) is 0 Å². The minimum Gasteiger partial charge on any atom is -0.459 e. The Balaban J connectivity index is 0. The zero-order chi connectivity index (χ0) is 15.7. The van der Waals surface area contributed by atoms with Gasteiger partial charge in [-0.15, -0.1) is 5.06 Å². The molecule has 0 aliphatic carbocycles. The van der Waals surface area contributed by atoms with E-state index in [4.69, 9.17) is 9.57 Å². The number of carbonyl (C=O) groups excluding carboxylic acids is 4. The summed E-state index contributed by atoms with van der Waals surface area (Å²) in [6, 6.07) is 0. The van der Waals surface area contributed by atoms with E-state index in [1.165, 1.54) is 13.8 Å². The molecule has 1 aliphatic rings. The Morgan fingerprint density at radius 3 is 1.68 bits per heavy atom. The smallest absolute Gasteiger partial charge is 0.349 e. The van der Waals surface area contributed by atoms with E-state index in [1.54, 1.807) is 20.8 Å². The van der Waals surface area contributed by atoms with Crippen LogP contribution in [0.3, 0.4) is 0 Å². The first kappa shape index (κ1) is 22.4. The van der Waals surface area contributed by atoms with Crippen LogP contribution in [0, 0.1) is 5.41 Å². The molecule has 0 atom stereocenters. The third-order valence-corrected chi connectivity index (χ3v) is 2.60. The largest absolute Gasteiger partial charge is 0.459 e. The molecule has 0 radical (unpaired) electrons. The Kier molecular flexibility index (Phi) is 7.50. The number of hydrogen-bond acceptors (Lipinski definition) is 6. The lowest BCUT2D eigenvalue weighted by Crippen LogP contribution is -2.44. The minimum absolute atomic E-state index is 0. The highest BCUT2D eigenvalue weighted by Crippen LogP contribution is 2.25. The molecule has 0 spiro atoms. The fourth-order valence-corrected chi connectivity index (χ4v) is 1.34. The van der Waals surface area contributed by atoms with Crippen molar-refractivity contribution in [2.75, 3.05) is 0 Å². The maximum Gasteiger partial charge on any atom is 0.349 e. The third kappa shape index (κ3) is 5.13. The summed E-state index contributed by atoms with van der Waals surface area (Å²) >= 11 is 0. The van der Waals surface area contributed by atoms with Crippen LogP contribution < -0.4 is 0 Å². The number of esters is 1. The summed E-state index contributed by atoms with van der Waals surface area (Å²) in [5.74, 6) is -2.98. The van der Waals surface area contributed by atoms with Gasteiger partial charge in [-0.3, -0.25) is 14.4 Å². The summed E-state index contributed by atoms with van der Waals surface area (Å²) in [6.07, 6.45) is -0.00202. The van der Waals surface area contributed by atoms with E-state index >= 15 is 0 Å². The molecule has 0 N–H and O–H groups in total. The predicted octanol–water partition coefficient (Wildman–Crippen LogP) is 2.23. The van der Waals surface area contributed by atoms with Gasteiger partial charge in [-0.05, 0) is 34.6 Å². The second-order valence-electron chi connectivity index (χ2n) is 6.09. The molecular weight excluding hydrogens is 290 g/mol. The van der Waals surface area contributed by atoms with Gasteiger partial charge in [0.15, 0.2) is 5.41 Å². The van der Waals surface area contributed by atoms with Gasteiger partial charge in [0.05, 0.1) is 0 Å². The first-order valence-electron chi connectivity index (χ1n) is 6.27. The molecular formula is C15H27NO6. The van der Waals surface area contributed by atoms with Gasteiger partial charge in [0.25, 0.3) is 11.8 Å². The summed E-state index contributed by atoms with van der Waals surface area (Å²) in [6.45, 7) is 7.63. The molecule has 1 fully saturated rings. The Labute approximate surface area is 131 Å². The molecule has 0 bridgehead atoms. The summed E-state index contributed by atoms with van der Waals surface area (Å²) in [4.78, 5) is 51.4. The number of nitrogens with zero attached hydrogens (tertiary/aromatic N) is 1. The van der Waals surface area contributed by atoms with Crippen LogP contribution in [-0.2, 0) is 28.8 Å². The van der Waals surface area contributed by atoms with Crippen molar-refractivity contribution in [1.29, 1.82) is 0 Å². The number of carbonyl (C=O) groups is 4. The summed E-state index contributed by atoms with van der Waals surface area (Å²) in [5.41, 5.74) is -2.37. The van der Waals surface area contributed by atoms with E-state index in [1.807, 2.05) is 0 Å². The summed E-state index contributed by atoms with van der Waals surface area (Å²) in [5, 5.41) is 0.411. The third-order valence-electron chi connectivity index (χ3n) is 2.60. The predicted molar refractivity (Wildman–Crippen MR) is 80.3 cm³/mol. The number of imide groups is 1. The van der Waals surface area contributed by atoms with Gasteiger partial charge in [-0.25, -0.2) is 4.79 Å². The fraction of sp³-hybridized carbons (Fsp3) is 0.733. The maximum atomic E-state index is 12.0. The molecule has 0 aromatic carbocycles. The lowest BCUT2D eigenvalue weighted by molar-refractivity contribution is -0.208. The van der Waals surface area contributed by atoms with Crippen molar-refractivity contribution in [1.82, 2.24) is 5.06 Å². The van der Waals surface area contributed by atoms with Gasteiger partial charge in [0.2, 0.25) is 0 Å². The first-order valence-corrected chi connectivity index (χ1v) is 6.27. The lowest BCUT2D eigenvalue weighted by Gasteiger charge is -2.27. The molecule has 1 aliphatic heterocycles. The van der Waals surface area contributed by atoms with Crippen LogP contribution in [0.1, 0.15) is 62.3 Å². The highest BCUT2D eigenvalue weighted by atomic mass is 16.7. The fourth-order valence-electron chi connectivity index (χ4n) is 1.34. The Hall–Kier alpha value is -1.92. The number of hydroxylamine groups is 2. The standard InChI is InChI=1S/C13H19NO6.2CH4/c1-12(2,3)19-10(17)13(4,5)11(18)20-14-8(15)6-7-9(14)16;;/h6-7H2,1-5H3;2*1H4. The SMILES string of the molecule is C.C.CC(C)(C)OC(=O)C(C)(C)C(=O)ON1C(=O)CCC1=O. The van der Waals surface area contributed by atoms with Gasteiger partial charge in [0.1, 0.15) is 5.60 Å². The van der Waals surface area contributed by atoms with Crippen molar-refractivity contribution in [3.8, 4) is 0 Å². The Bertz CT molecular complexity index is 445. The van der Waals surface area contributed by atoms with Gasteiger partial charge in [-0.2, -0.15) is 0 Å². The Morgan fingerprint density at radius 2 is 1.32 bits per heavy atom. The van der Waals surface area contributed by atoms with Crippen LogP contribution in [-0.4, -0.2) is 34.4 Å². The lowest BCUT2D eigenvalue weighted by atomic mass is 9.94. The van der Waals surface area contributed by atoms with E-state index in [2.05, 4.69) is 0 Å². The van der Waals surface area contributed by atoms with E-state index in [-0.39, 0.29) is 27.7 Å². The van der Waals surface area contributed by atoms with E-state index in [0.717, 1.165) is 0 Å². The molecule has 0 aromatic heterocycles. The van der Waals surface area contributed by atoms with Gasteiger partial charge < -0.3 is 9.57 Å².